The number of hydrogen-bond donors (Lipinski definition) is 2. The second kappa shape index (κ2) is 6.96. The van der Waals surface area contributed by atoms with Crippen LogP contribution >= 0.6 is 0 Å². The molecule has 1 amide bonds. The van der Waals surface area contributed by atoms with Crippen LogP contribution in [0, 0.1) is 10.8 Å². The molecule has 0 radical (unpaired) electrons. The van der Waals surface area contributed by atoms with Crippen LogP contribution in [0.25, 0.3) is 0 Å². The maximum atomic E-state index is 11.8. The van der Waals surface area contributed by atoms with Crippen LogP contribution in [0.3, 0.4) is 0 Å². The van der Waals surface area contributed by atoms with Crippen LogP contribution in [0.4, 0.5) is 4.79 Å². The van der Waals surface area contributed by atoms with E-state index in [1.807, 2.05) is 6.08 Å². The summed E-state index contributed by atoms with van der Waals surface area (Å²) in [4.78, 5) is 23.1. The number of carboxylic acid groups (broad SMARTS) is 1. The van der Waals surface area contributed by atoms with E-state index in [-0.39, 0.29) is 5.41 Å². The van der Waals surface area contributed by atoms with Gasteiger partial charge in [0.2, 0.25) is 0 Å². The number of ether oxygens (including phenoxy) is 1. The van der Waals surface area contributed by atoms with Gasteiger partial charge in [-0.1, -0.05) is 33.3 Å². The summed E-state index contributed by atoms with van der Waals surface area (Å²) in [6.45, 7) is 9.37. The van der Waals surface area contributed by atoms with Crippen molar-refractivity contribution >= 4 is 12.1 Å². The van der Waals surface area contributed by atoms with E-state index in [2.05, 4.69) is 11.9 Å². The second-order valence-corrected chi connectivity index (χ2v) is 7.04. The summed E-state index contributed by atoms with van der Waals surface area (Å²) in [6, 6.07) is -0.962. The molecule has 1 rings (SSSR count). The minimum atomic E-state index is -1.05. The lowest BCUT2D eigenvalue weighted by molar-refractivity contribution is -0.142. The van der Waals surface area contributed by atoms with Crippen molar-refractivity contribution in [1.29, 1.82) is 0 Å². The number of amides is 1. The third kappa shape index (κ3) is 5.06. The molecule has 0 bridgehead atoms. The molecule has 0 spiro atoms. The Balaban J connectivity index is 2.49. The summed E-state index contributed by atoms with van der Waals surface area (Å²) in [5, 5.41) is 11.6. The maximum absolute atomic E-state index is 11.8. The van der Waals surface area contributed by atoms with Crippen LogP contribution in [0.2, 0.25) is 0 Å². The van der Waals surface area contributed by atoms with Crippen molar-refractivity contribution in [2.75, 3.05) is 6.61 Å². The molecular formula is C16H27NO4. The van der Waals surface area contributed by atoms with E-state index in [0.717, 1.165) is 32.1 Å². The maximum Gasteiger partial charge on any atom is 0.407 e. The van der Waals surface area contributed by atoms with Gasteiger partial charge in [-0.2, -0.15) is 0 Å². The first kappa shape index (κ1) is 17.5. The number of nitrogens with one attached hydrogen (secondary N) is 1. The summed E-state index contributed by atoms with van der Waals surface area (Å²) in [5.74, 6) is -1.05. The Bertz CT molecular complexity index is 394. The molecule has 0 aromatic rings. The molecule has 0 aliphatic heterocycles. The van der Waals surface area contributed by atoms with Gasteiger partial charge in [0, 0.05) is 5.41 Å². The van der Waals surface area contributed by atoms with E-state index in [0.29, 0.717) is 6.61 Å². The molecule has 1 aliphatic rings. The van der Waals surface area contributed by atoms with Gasteiger partial charge in [-0.25, -0.2) is 9.59 Å². The van der Waals surface area contributed by atoms with Gasteiger partial charge in [-0.05, 0) is 31.1 Å². The Kier molecular flexibility index (Phi) is 5.81. The summed E-state index contributed by atoms with van der Waals surface area (Å²) in [7, 11) is 0. The van der Waals surface area contributed by atoms with Gasteiger partial charge in [0.1, 0.15) is 6.04 Å². The van der Waals surface area contributed by atoms with Crippen molar-refractivity contribution in [1.82, 2.24) is 5.32 Å². The predicted molar refractivity (Wildman–Crippen MR) is 81.1 cm³/mol. The molecule has 1 fully saturated rings. The molecule has 1 atom stereocenters. The summed E-state index contributed by atoms with van der Waals surface area (Å²) < 4.78 is 5.27. The summed E-state index contributed by atoms with van der Waals surface area (Å²) in [6.07, 6.45) is 6.35. The van der Waals surface area contributed by atoms with Crippen molar-refractivity contribution in [3.63, 3.8) is 0 Å². The molecule has 1 aliphatic carbocycles. The number of hydrogen-bond acceptors (Lipinski definition) is 3. The van der Waals surface area contributed by atoms with Crippen LogP contribution < -0.4 is 5.32 Å². The minimum Gasteiger partial charge on any atom is -0.480 e. The number of carbonyl (C=O) groups is 2. The molecule has 1 saturated carbocycles. The molecule has 0 saturated heterocycles. The number of allylic oxidation sites excluding steroid dienone is 1. The van der Waals surface area contributed by atoms with Gasteiger partial charge in [0.15, 0.2) is 0 Å². The van der Waals surface area contributed by atoms with Crippen LogP contribution in [0.1, 0.15) is 52.9 Å². The lowest BCUT2D eigenvalue weighted by Crippen LogP contribution is -2.50. The lowest BCUT2D eigenvalue weighted by Gasteiger charge is -2.41. The van der Waals surface area contributed by atoms with Crippen molar-refractivity contribution in [3.05, 3.63) is 12.7 Å². The first-order valence-corrected chi connectivity index (χ1v) is 7.47. The second-order valence-electron chi connectivity index (χ2n) is 7.04. The van der Waals surface area contributed by atoms with Crippen LogP contribution in [0.15, 0.2) is 12.7 Å². The summed E-state index contributed by atoms with van der Waals surface area (Å²) >= 11 is 0. The molecule has 5 heteroatoms. The van der Waals surface area contributed by atoms with Gasteiger partial charge < -0.3 is 15.2 Å². The normalized spacial score (nSPS) is 18.2. The van der Waals surface area contributed by atoms with Gasteiger partial charge in [0.05, 0.1) is 6.61 Å². The van der Waals surface area contributed by atoms with Crippen LogP contribution in [-0.4, -0.2) is 29.8 Å². The highest BCUT2D eigenvalue weighted by Crippen LogP contribution is 2.45. The zero-order valence-electron chi connectivity index (χ0n) is 13.3. The highest BCUT2D eigenvalue weighted by Gasteiger charge is 2.38. The Morgan fingerprint density at radius 2 is 2.05 bits per heavy atom. The number of rotatable bonds is 7. The average molecular weight is 297 g/mol. The minimum absolute atomic E-state index is 0.0615. The third-order valence-electron chi connectivity index (χ3n) is 4.18. The molecule has 120 valence electrons. The smallest absolute Gasteiger partial charge is 0.407 e. The predicted octanol–water partition coefficient (Wildman–Crippen LogP) is 3.35. The van der Waals surface area contributed by atoms with E-state index in [1.165, 1.54) is 0 Å². The fraction of sp³-hybridized carbons (Fsp3) is 0.750. The van der Waals surface area contributed by atoms with Crippen molar-refractivity contribution in [3.8, 4) is 0 Å². The Morgan fingerprint density at radius 3 is 2.43 bits per heavy atom. The Morgan fingerprint density at radius 1 is 1.43 bits per heavy atom. The molecule has 0 heterocycles. The molecular weight excluding hydrogens is 270 g/mol. The van der Waals surface area contributed by atoms with Gasteiger partial charge in [-0.3, -0.25) is 0 Å². The highest BCUT2D eigenvalue weighted by atomic mass is 16.5. The van der Waals surface area contributed by atoms with Crippen molar-refractivity contribution in [2.24, 2.45) is 10.8 Å². The fourth-order valence-electron chi connectivity index (χ4n) is 2.58. The summed E-state index contributed by atoms with van der Waals surface area (Å²) in [5.41, 5.74) is -0.506. The topological polar surface area (TPSA) is 75.6 Å². The SMILES string of the molecule is C=CCCC1(COC(=O)N[C@H](C(=O)O)C(C)(C)C)CCC1. The molecule has 0 aromatic heterocycles. The molecule has 5 nitrogen and oxygen atoms in total. The zero-order chi connectivity index (χ0) is 16.1. The third-order valence-corrected chi connectivity index (χ3v) is 4.18. The van der Waals surface area contributed by atoms with E-state index in [4.69, 9.17) is 4.74 Å². The fourth-order valence-corrected chi connectivity index (χ4v) is 2.58. The van der Waals surface area contributed by atoms with Gasteiger partial charge >= 0.3 is 12.1 Å². The number of alkyl carbamates (subject to hydrolysis) is 1. The van der Waals surface area contributed by atoms with Crippen LogP contribution in [0.5, 0.6) is 0 Å². The molecule has 2 N–H and O–H groups in total. The first-order valence-electron chi connectivity index (χ1n) is 7.47. The van der Waals surface area contributed by atoms with Gasteiger partial charge in [-0.15, -0.1) is 6.58 Å². The van der Waals surface area contributed by atoms with E-state index >= 15 is 0 Å². The number of aliphatic carboxylic acids is 1. The average Bonchev–Trinajstić information content (AvgIpc) is 2.32. The van der Waals surface area contributed by atoms with Gasteiger partial charge in [0.25, 0.3) is 0 Å². The number of carbonyl (C=O) groups excluding carboxylic acids is 1. The van der Waals surface area contributed by atoms with Crippen molar-refractivity contribution < 1.29 is 19.4 Å². The zero-order valence-corrected chi connectivity index (χ0v) is 13.3. The largest absolute Gasteiger partial charge is 0.480 e. The highest BCUT2D eigenvalue weighted by molar-refractivity contribution is 5.80. The van der Waals surface area contributed by atoms with E-state index in [1.54, 1.807) is 20.8 Å². The molecule has 0 unspecified atom stereocenters. The van der Waals surface area contributed by atoms with Crippen LogP contribution in [-0.2, 0) is 9.53 Å². The molecule has 21 heavy (non-hydrogen) atoms. The quantitative estimate of drug-likeness (QED) is 0.707. The van der Waals surface area contributed by atoms with E-state index < -0.39 is 23.5 Å². The first-order chi connectivity index (χ1) is 9.70. The lowest BCUT2D eigenvalue weighted by atomic mass is 9.66. The monoisotopic (exact) mass is 297 g/mol. The van der Waals surface area contributed by atoms with Crippen molar-refractivity contribution in [2.45, 2.75) is 58.9 Å². The standard InChI is InChI=1S/C16H27NO4/c1-5-6-8-16(9-7-10-16)11-21-14(20)17-12(13(18)19)15(2,3)4/h5,12H,1,6-11H2,2-4H3,(H,17,20)(H,18,19)/t12-/m1/s1. The Hall–Kier alpha value is -1.52. The molecule has 0 aromatic carbocycles. The Labute approximate surface area is 126 Å². The van der Waals surface area contributed by atoms with E-state index in [9.17, 15) is 14.7 Å². The number of carboxylic acids is 1.